The summed E-state index contributed by atoms with van der Waals surface area (Å²) < 4.78 is 31.7. The lowest BCUT2D eigenvalue weighted by molar-refractivity contribution is 0.0465. The first-order valence-electron chi connectivity index (χ1n) is 7.40. The molecule has 0 atom stereocenters. The minimum atomic E-state index is -0.514. The first-order valence-corrected chi connectivity index (χ1v) is 7.40. The van der Waals surface area contributed by atoms with E-state index in [4.69, 9.17) is 4.74 Å². The molecule has 1 aromatic carbocycles. The van der Waals surface area contributed by atoms with Crippen LogP contribution in [0.15, 0.2) is 18.2 Å². The van der Waals surface area contributed by atoms with Crippen LogP contribution in [0.5, 0.6) is 0 Å². The Bertz CT molecular complexity index is 537. The Labute approximate surface area is 129 Å². The highest BCUT2D eigenvalue weighted by molar-refractivity contribution is 5.68. The van der Waals surface area contributed by atoms with Gasteiger partial charge in [0.15, 0.2) is 0 Å². The Morgan fingerprint density at radius 1 is 1.27 bits per heavy atom. The fourth-order valence-electron chi connectivity index (χ4n) is 2.31. The summed E-state index contributed by atoms with van der Waals surface area (Å²) in [5.41, 5.74) is -0.205. The molecule has 1 saturated carbocycles. The summed E-state index contributed by atoms with van der Waals surface area (Å²) in [6, 6.07) is 3.66. The maximum atomic E-state index is 13.5. The smallest absolute Gasteiger partial charge is 0.407 e. The molecular weight excluding hydrogens is 290 g/mol. The quantitative estimate of drug-likeness (QED) is 0.898. The van der Waals surface area contributed by atoms with Gasteiger partial charge in [-0.05, 0) is 51.8 Å². The molecule has 0 aliphatic heterocycles. The number of hydrogen-bond acceptors (Lipinski definition) is 3. The van der Waals surface area contributed by atoms with Crippen molar-refractivity contribution in [2.75, 3.05) is 0 Å². The van der Waals surface area contributed by atoms with Crippen molar-refractivity contribution in [1.82, 2.24) is 10.6 Å². The molecule has 1 aliphatic rings. The normalized spacial score (nSPS) is 21.1. The Kier molecular flexibility index (Phi) is 5.01. The molecule has 1 amide bonds. The summed E-state index contributed by atoms with van der Waals surface area (Å²) in [6.07, 6.45) is 1.07. The zero-order chi connectivity index (χ0) is 16.3. The Morgan fingerprint density at radius 2 is 1.95 bits per heavy atom. The van der Waals surface area contributed by atoms with Gasteiger partial charge in [0.1, 0.15) is 17.2 Å². The average Bonchev–Trinajstić information content (AvgIpc) is 2.33. The van der Waals surface area contributed by atoms with Gasteiger partial charge in [0.25, 0.3) is 0 Å². The lowest BCUT2D eigenvalue weighted by Crippen LogP contribution is -2.53. The van der Waals surface area contributed by atoms with Gasteiger partial charge in [-0.1, -0.05) is 0 Å². The molecule has 0 saturated heterocycles. The number of ether oxygens (including phenoxy) is 1. The van der Waals surface area contributed by atoms with Crippen molar-refractivity contribution in [2.45, 2.75) is 57.8 Å². The molecule has 0 unspecified atom stereocenters. The lowest BCUT2D eigenvalue weighted by atomic mass is 9.86. The van der Waals surface area contributed by atoms with Crippen molar-refractivity contribution in [1.29, 1.82) is 0 Å². The summed E-state index contributed by atoms with van der Waals surface area (Å²) >= 11 is 0. The Hall–Kier alpha value is -1.69. The Balaban J connectivity index is 1.69. The molecule has 2 N–H and O–H groups in total. The van der Waals surface area contributed by atoms with Crippen LogP contribution in [0.2, 0.25) is 0 Å². The molecular formula is C16H22F2N2O2. The molecule has 4 nitrogen and oxygen atoms in total. The molecule has 1 fully saturated rings. The fraction of sp³-hybridized carbons (Fsp3) is 0.562. The monoisotopic (exact) mass is 312 g/mol. The van der Waals surface area contributed by atoms with Crippen molar-refractivity contribution >= 4 is 6.09 Å². The second-order valence-electron chi connectivity index (χ2n) is 6.63. The molecule has 0 radical (unpaired) electrons. The number of nitrogens with one attached hydrogen (secondary N) is 2. The van der Waals surface area contributed by atoms with Crippen molar-refractivity contribution in [3.8, 4) is 0 Å². The second-order valence-corrected chi connectivity index (χ2v) is 6.63. The zero-order valence-corrected chi connectivity index (χ0v) is 13.1. The van der Waals surface area contributed by atoms with E-state index in [1.54, 1.807) is 0 Å². The predicted octanol–water partition coefficient (Wildman–Crippen LogP) is 3.11. The largest absolute Gasteiger partial charge is 0.444 e. The first-order chi connectivity index (χ1) is 10.2. The predicted molar refractivity (Wildman–Crippen MR) is 79.4 cm³/mol. The van der Waals surface area contributed by atoms with E-state index in [1.807, 2.05) is 20.8 Å². The minimum absolute atomic E-state index is 0.0599. The number of amides is 1. The number of benzene rings is 1. The third kappa shape index (κ3) is 4.94. The van der Waals surface area contributed by atoms with Crippen LogP contribution < -0.4 is 10.6 Å². The van der Waals surface area contributed by atoms with Crippen LogP contribution in [0.4, 0.5) is 13.6 Å². The van der Waals surface area contributed by atoms with E-state index in [9.17, 15) is 13.6 Å². The SMILES string of the molecule is CC(C)(C)OC(=O)NC1CC(NCc2cc(F)ccc2F)C1. The third-order valence-electron chi connectivity index (χ3n) is 3.45. The number of carbonyl (C=O) groups excluding carboxylic acids is 1. The van der Waals surface area contributed by atoms with E-state index < -0.39 is 23.3 Å². The highest BCUT2D eigenvalue weighted by atomic mass is 19.1. The van der Waals surface area contributed by atoms with Gasteiger partial charge in [-0.15, -0.1) is 0 Å². The molecule has 2 rings (SSSR count). The van der Waals surface area contributed by atoms with Gasteiger partial charge in [-0.3, -0.25) is 0 Å². The summed E-state index contributed by atoms with van der Waals surface area (Å²) in [6.45, 7) is 5.70. The van der Waals surface area contributed by atoms with Crippen LogP contribution >= 0.6 is 0 Å². The second kappa shape index (κ2) is 6.60. The summed E-state index contributed by atoms with van der Waals surface area (Å²) in [4.78, 5) is 11.6. The molecule has 0 aromatic heterocycles. The number of alkyl carbamates (subject to hydrolysis) is 1. The van der Waals surface area contributed by atoms with Gasteiger partial charge in [0.2, 0.25) is 0 Å². The van der Waals surface area contributed by atoms with Gasteiger partial charge in [0, 0.05) is 24.2 Å². The Morgan fingerprint density at radius 3 is 2.59 bits per heavy atom. The van der Waals surface area contributed by atoms with E-state index in [0.717, 1.165) is 25.0 Å². The van der Waals surface area contributed by atoms with Crippen molar-refractivity contribution in [3.63, 3.8) is 0 Å². The number of rotatable bonds is 4. The summed E-state index contributed by atoms with van der Waals surface area (Å²) in [7, 11) is 0. The van der Waals surface area contributed by atoms with Gasteiger partial charge in [-0.2, -0.15) is 0 Å². The van der Waals surface area contributed by atoms with Gasteiger partial charge in [-0.25, -0.2) is 13.6 Å². The zero-order valence-electron chi connectivity index (χ0n) is 13.1. The highest BCUT2D eigenvalue weighted by Gasteiger charge is 2.31. The van der Waals surface area contributed by atoms with Crippen LogP contribution in [0, 0.1) is 11.6 Å². The molecule has 0 bridgehead atoms. The molecule has 0 spiro atoms. The number of hydrogen-bond donors (Lipinski definition) is 2. The van der Waals surface area contributed by atoms with E-state index in [0.29, 0.717) is 5.56 Å². The van der Waals surface area contributed by atoms with Crippen molar-refractivity contribution in [2.24, 2.45) is 0 Å². The summed E-state index contributed by atoms with van der Waals surface area (Å²) in [5.74, 6) is -0.868. The van der Waals surface area contributed by atoms with Crippen LogP contribution in [-0.4, -0.2) is 23.8 Å². The number of carbonyl (C=O) groups is 1. The van der Waals surface area contributed by atoms with Gasteiger partial charge in [0.05, 0.1) is 0 Å². The van der Waals surface area contributed by atoms with E-state index in [-0.39, 0.29) is 18.6 Å². The molecule has 122 valence electrons. The molecule has 1 aliphatic carbocycles. The highest BCUT2D eigenvalue weighted by Crippen LogP contribution is 2.21. The molecule has 1 aromatic rings. The standard InChI is InChI=1S/C16H22F2N2O2/c1-16(2,3)22-15(21)20-13-7-12(8-13)19-9-10-6-11(17)4-5-14(10)18/h4-6,12-13,19H,7-9H2,1-3H3,(H,20,21). The topological polar surface area (TPSA) is 50.4 Å². The average molecular weight is 312 g/mol. The lowest BCUT2D eigenvalue weighted by Gasteiger charge is -2.36. The molecule has 22 heavy (non-hydrogen) atoms. The first kappa shape index (κ1) is 16.7. The fourth-order valence-corrected chi connectivity index (χ4v) is 2.31. The van der Waals surface area contributed by atoms with E-state index in [1.165, 1.54) is 6.07 Å². The maximum Gasteiger partial charge on any atom is 0.407 e. The van der Waals surface area contributed by atoms with Crippen LogP contribution in [0.3, 0.4) is 0 Å². The van der Waals surface area contributed by atoms with Crippen LogP contribution in [-0.2, 0) is 11.3 Å². The summed E-state index contributed by atoms with van der Waals surface area (Å²) in [5, 5.41) is 5.94. The minimum Gasteiger partial charge on any atom is -0.444 e. The van der Waals surface area contributed by atoms with Crippen molar-refractivity contribution < 1.29 is 18.3 Å². The van der Waals surface area contributed by atoms with E-state index >= 15 is 0 Å². The number of halogens is 2. The molecule has 6 heteroatoms. The van der Waals surface area contributed by atoms with Gasteiger partial charge >= 0.3 is 6.09 Å². The van der Waals surface area contributed by atoms with E-state index in [2.05, 4.69) is 10.6 Å². The van der Waals surface area contributed by atoms with Crippen LogP contribution in [0.25, 0.3) is 0 Å². The maximum absolute atomic E-state index is 13.5. The van der Waals surface area contributed by atoms with Crippen LogP contribution in [0.1, 0.15) is 39.2 Å². The van der Waals surface area contributed by atoms with Gasteiger partial charge < -0.3 is 15.4 Å². The third-order valence-corrected chi connectivity index (χ3v) is 3.45. The van der Waals surface area contributed by atoms with Crippen molar-refractivity contribution in [3.05, 3.63) is 35.4 Å². The molecule has 0 heterocycles.